The number of ether oxygens (including phenoxy) is 4. The zero-order valence-corrected chi connectivity index (χ0v) is 37.7. The summed E-state index contributed by atoms with van der Waals surface area (Å²) in [6.45, 7) is 14.5. The molecule has 0 saturated heterocycles. The molecule has 7 rings (SSSR count). The van der Waals surface area contributed by atoms with Gasteiger partial charge in [-0.2, -0.15) is 0 Å². The monoisotopic (exact) mass is 862 g/mol. The predicted molar refractivity (Wildman–Crippen MR) is 249 cm³/mol. The minimum absolute atomic E-state index is 0.157. The van der Waals surface area contributed by atoms with E-state index < -0.39 is 0 Å². The molecule has 0 fully saturated rings. The number of allylic oxidation sites excluding steroid dienone is 2. The molecule has 5 aromatic rings. The summed E-state index contributed by atoms with van der Waals surface area (Å²) >= 11 is 0. The Morgan fingerprint density at radius 1 is 0.484 bits per heavy atom. The van der Waals surface area contributed by atoms with Crippen LogP contribution >= 0.6 is 0 Å². The van der Waals surface area contributed by atoms with Gasteiger partial charge in [-0.15, -0.1) is 0 Å². The van der Waals surface area contributed by atoms with Crippen LogP contribution in [0.25, 0.3) is 66.6 Å². The Bertz CT molecular complexity index is 2730. The van der Waals surface area contributed by atoms with Crippen molar-refractivity contribution < 1.29 is 38.1 Å². The van der Waals surface area contributed by atoms with E-state index in [1.165, 1.54) is 27.7 Å². The number of aromatic amines is 2. The third kappa shape index (κ3) is 9.61. The molecule has 0 radical (unpaired) electrons. The summed E-state index contributed by atoms with van der Waals surface area (Å²) in [5.74, 6) is -1.47. The van der Waals surface area contributed by atoms with Crippen LogP contribution in [0.3, 0.4) is 0 Å². The van der Waals surface area contributed by atoms with Crippen LogP contribution in [-0.4, -0.2) is 70.2 Å². The SMILES string of the molecule is CC(=O)OCCC1=C(C)c2nc1cc1[nH]c(c(C)c1CCOC(C)=O)c(-c1ccccc1)c1[nH]c(cc3nc(c2-c2ccccc2)C(C)=C3CCOC(C)=O)c(CCOC(C)=O)c1C. The highest BCUT2D eigenvalue weighted by atomic mass is 16.5. The minimum atomic E-state index is -0.370. The van der Waals surface area contributed by atoms with Gasteiger partial charge in [-0.25, -0.2) is 9.97 Å². The Kier molecular flexibility index (Phi) is 13.7. The van der Waals surface area contributed by atoms with Gasteiger partial charge in [0.1, 0.15) is 0 Å². The molecule has 0 saturated carbocycles. The molecule has 3 aromatic heterocycles. The number of nitrogens with one attached hydrogen (secondary N) is 2. The number of H-pyrrole nitrogens is 2. The zero-order chi connectivity index (χ0) is 45.7. The molecule has 0 amide bonds. The highest BCUT2D eigenvalue weighted by molar-refractivity contribution is 6.03. The maximum absolute atomic E-state index is 12.1. The third-order valence-electron chi connectivity index (χ3n) is 11.8. The van der Waals surface area contributed by atoms with E-state index in [-0.39, 0.29) is 50.3 Å². The van der Waals surface area contributed by atoms with E-state index in [0.29, 0.717) is 37.1 Å². The highest BCUT2D eigenvalue weighted by Gasteiger charge is 2.28. The molecular weight excluding hydrogens is 809 g/mol. The molecule has 8 bridgehead atoms. The van der Waals surface area contributed by atoms with Gasteiger partial charge in [0, 0.05) is 75.5 Å². The van der Waals surface area contributed by atoms with E-state index >= 15 is 0 Å². The van der Waals surface area contributed by atoms with E-state index in [2.05, 4.69) is 35.9 Å². The van der Waals surface area contributed by atoms with E-state index in [1.54, 1.807) is 0 Å². The van der Waals surface area contributed by atoms with Crippen molar-refractivity contribution in [3.05, 3.63) is 118 Å². The Labute approximate surface area is 372 Å². The van der Waals surface area contributed by atoms with Crippen LogP contribution in [0.4, 0.5) is 0 Å². The van der Waals surface area contributed by atoms with Crippen molar-refractivity contribution in [2.75, 3.05) is 26.4 Å². The molecule has 2 N–H and O–H groups in total. The second kappa shape index (κ2) is 19.5. The normalized spacial score (nSPS) is 12.4. The lowest BCUT2D eigenvalue weighted by atomic mass is 9.93. The van der Waals surface area contributed by atoms with Crippen LogP contribution in [0.15, 0.2) is 72.8 Å². The van der Waals surface area contributed by atoms with Crippen LogP contribution in [0.5, 0.6) is 0 Å². The van der Waals surface area contributed by atoms with Crippen molar-refractivity contribution in [3.63, 3.8) is 0 Å². The Balaban J connectivity index is 1.70. The van der Waals surface area contributed by atoms with E-state index in [0.717, 1.165) is 100 Å². The van der Waals surface area contributed by atoms with E-state index in [9.17, 15) is 19.2 Å². The molecule has 330 valence electrons. The number of nitrogens with zero attached hydrogens (tertiary/aromatic N) is 2. The molecule has 0 unspecified atom stereocenters. The number of rotatable bonds is 14. The Morgan fingerprint density at radius 3 is 1.19 bits per heavy atom. The molecule has 5 heterocycles. The summed E-state index contributed by atoms with van der Waals surface area (Å²) in [5, 5.41) is 0. The maximum atomic E-state index is 12.1. The Morgan fingerprint density at radius 2 is 0.828 bits per heavy atom. The fraction of sp³-hybridized carbons (Fsp3) is 0.308. The standard InChI is InChI=1S/C52H54N4O8/c1-29-39(19-23-61-33(5)57)43-27-44-41(21-25-63-35(7)59)31(3)51(55-44)48(38-17-13-10-14-18-38)52-32(4)42(22-26-64-36(8)60)46(56-52)28-45-40(20-24-62-34(6)58)30(2)50(54-45)47(49(29)53-43)37-15-11-9-12-16-37/h9-18,27-28,53-54H,19-26H2,1-8H3. The second-order valence-electron chi connectivity index (χ2n) is 16.1. The highest BCUT2D eigenvalue weighted by Crippen LogP contribution is 2.44. The number of hydrogen-bond donors (Lipinski definition) is 2. The lowest BCUT2D eigenvalue weighted by Gasteiger charge is -2.11. The number of fused-ring (bicyclic) bond motifs is 8. The summed E-state index contributed by atoms with van der Waals surface area (Å²) < 4.78 is 22.1. The minimum Gasteiger partial charge on any atom is -0.466 e. The van der Waals surface area contributed by atoms with E-state index in [4.69, 9.17) is 28.9 Å². The van der Waals surface area contributed by atoms with Crippen molar-refractivity contribution in [2.24, 2.45) is 0 Å². The van der Waals surface area contributed by atoms with Crippen LogP contribution in [0.2, 0.25) is 0 Å². The molecule has 64 heavy (non-hydrogen) atoms. The Hall–Kier alpha value is -7.08. The molecule has 12 nitrogen and oxygen atoms in total. The third-order valence-corrected chi connectivity index (χ3v) is 11.8. The lowest BCUT2D eigenvalue weighted by Crippen LogP contribution is -2.04. The fourth-order valence-electron chi connectivity index (χ4n) is 8.74. The van der Waals surface area contributed by atoms with Gasteiger partial charge in [-0.1, -0.05) is 60.7 Å². The number of esters is 4. The number of aromatic nitrogens is 4. The average molecular weight is 863 g/mol. The summed E-state index contributed by atoms with van der Waals surface area (Å²) in [6.07, 6.45) is 1.67. The van der Waals surface area contributed by atoms with Crippen molar-refractivity contribution in [3.8, 4) is 22.3 Å². The number of aryl methyl sites for hydroxylation is 2. The van der Waals surface area contributed by atoms with Crippen molar-refractivity contribution in [1.82, 2.24) is 19.9 Å². The lowest BCUT2D eigenvalue weighted by molar-refractivity contribution is -0.141. The second-order valence-corrected chi connectivity index (χ2v) is 16.1. The topological polar surface area (TPSA) is 163 Å². The van der Waals surface area contributed by atoms with E-state index in [1.807, 2.05) is 74.5 Å². The molecule has 0 spiro atoms. The molecule has 2 aromatic carbocycles. The molecule has 0 atom stereocenters. The molecule has 0 aliphatic carbocycles. The van der Waals surface area contributed by atoms with Gasteiger partial charge in [0.25, 0.3) is 0 Å². The van der Waals surface area contributed by atoms with Crippen LogP contribution in [0, 0.1) is 13.8 Å². The summed E-state index contributed by atoms with van der Waals surface area (Å²) in [4.78, 5) is 66.7. The smallest absolute Gasteiger partial charge is 0.302 e. The van der Waals surface area contributed by atoms with Crippen LogP contribution in [-0.2, 0) is 51.0 Å². The largest absolute Gasteiger partial charge is 0.466 e. The van der Waals surface area contributed by atoms with Crippen molar-refractivity contribution in [2.45, 2.75) is 81.1 Å². The maximum Gasteiger partial charge on any atom is 0.302 e. The van der Waals surface area contributed by atoms with Gasteiger partial charge in [-0.3, -0.25) is 19.2 Å². The van der Waals surface area contributed by atoms with Gasteiger partial charge < -0.3 is 28.9 Å². The molecule has 2 aliphatic rings. The molecule has 2 aliphatic heterocycles. The van der Waals surface area contributed by atoms with Gasteiger partial charge in [0.05, 0.1) is 60.2 Å². The quantitative estimate of drug-likeness (QED) is 0.0812. The summed E-state index contributed by atoms with van der Waals surface area (Å²) in [5.41, 5.74) is 17.2. The zero-order valence-electron chi connectivity index (χ0n) is 37.7. The average Bonchev–Trinajstić information content (AvgIpc) is 3.93. The molecular formula is C52H54N4O8. The predicted octanol–water partition coefficient (Wildman–Crippen LogP) is 10.2. The number of carbonyl (C=O) groups excluding carboxylic acids is 4. The number of carbonyl (C=O) groups is 4. The molecule has 12 heteroatoms. The number of benzene rings is 2. The number of hydrogen-bond acceptors (Lipinski definition) is 10. The van der Waals surface area contributed by atoms with Crippen molar-refractivity contribution >= 4 is 68.2 Å². The van der Waals surface area contributed by atoms with Crippen molar-refractivity contribution in [1.29, 1.82) is 0 Å². The van der Waals surface area contributed by atoms with Gasteiger partial charge in [-0.05, 0) is 95.5 Å². The summed E-state index contributed by atoms with van der Waals surface area (Å²) in [6, 6.07) is 24.2. The summed E-state index contributed by atoms with van der Waals surface area (Å²) in [7, 11) is 0. The van der Waals surface area contributed by atoms with Crippen LogP contribution < -0.4 is 0 Å². The first-order valence-electron chi connectivity index (χ1n) is 21.6. The fourth-order valence-corrected chi connectivity index (χ4v) is 8.74. The first kappa shape index (κ1) is 45.0. The van der Waals surface area contributed by atoms with Crippen LogP contribution in [0.1, 0.15) is 99.4 Å². The first-order chi connectivity index (χ1) is 30.7. The van der Waals surface area contributed by atoms with Gasteiger partial charge in [0.2, 0.25) is 0 Å². The first-order valence-corrected chi connectivity index (χ1v) is 21.6. The van der Waals surface area contributed by atoms with Gasteiger partial charge >= 0.3 is 23.9 Å². The van der Waals surface area contributed by atoms with Gasteiger partial charge in [0.15, 0.2) is 0 Å².